The molecular weight excluding hydrogens is 248 g/mol. The molecule has 3 rings (SSSR count). The summed E-state index contributed by atoms with van der Waals surface area (Å²) < 4.78 is 5.53. The highest BCUT2D eigenvalue weighted by atomic mass is 16.5. The van der Waals surface area contributed by atoms with Crippen molar-refractivity contribution in [3.8, 4) is 5.75 Å². The molecule has 20 heavy (non-hydrogen) atoms. The molecule has 1 aromatic carbocycles. The van der Waals surface area contributed by atoms with Gasteiger partial charge in [0.2, 0.25) is 0 Å². The lowest BCUT2D eigenvalue weighted by molar-refractivity contribution is 0.0847. The number of hydrogen-bond acceptors (Lipinski definition) is 3. The maximum Gasteiger partial charge on any atom is 0.119 e. The molecule has 2 saturated heterocycles. The topological polar surface area (TPSA) is 24.5 Å². The fraction of sp³-hybridized carbons (Fsp3) is 0.647. The van der Waals surface area contributed by atoms with Crippen LogP contribution in [0.3, 0.4) is 0 Å². The Balaban J connectivity index is 1.72. The molecule has 110 valence electrons. The maximum absolute atomic E-state index is 5.53. The van der Waals surface area contributed by atoms with Gasteiger partial charge in [-0.2, -0.15) is 0 Å². The molecule has 3 heteroatoms. The van der Waals surface area contributed by atoms with Crippen LogP contribution in [0, 0.1) is 5.92 Å². The number of nitrogens with zero attached hydrogens (tertiary/aromatic N) is 1. The van der Waals surface area contributed by atoms with Crippen LogP contribution in [0.5, 0.6) is 5.75 Å². The Kier molecular flexibility index (Phi) is 4.27. The van der Waals surface area contributed by atoms with Crippen LogP contribution in [0.2, 0.25) is 0 Å². The summed E-state index contributed by atoms with van der Waals surface area (Å²) in [6.07, 6.45) is 2.73. The molecule has 3 nitrogen and oxygen atoms in total. The van der Waals surface area contributed by atoms with Gasteiger partial charge in [-0.05, 0) is 63.4 Å². The molecule has 1 aromatic rings. The average molecular weight is 274 g/mol. The molecule has 2 aliphatic heterocycles. The third-order valence-electron chi connectivity index (χ3n) is 4.89. The Bertz CT molecular complexity index is 431. The molecule has 0 aliphatic carbocycles. The van der Waals surface area contributed by atoms with E-state index in [1.165, 1.54) is 31.5 Å². The fourth-order valence-electron chi connectivity index (χ4n) is 3.79. The highest BCUT2D eigenvalue weighted by molar-refractivity contribution is 5.29. The van der Waals surface area contributed by atoms with Crippen LogP contribution in [0.25, 0.3) is 0 Å². The summed E-state index contributed by atoms with van der Waals surface area (Å²) in [7, 11) is 0. The molecule has 3 atom stereocenters. The molecule has 0 bridgehead atoms. The summed E-state index contributed by atoms with van der Waals surface area (Å²) in [6, 6.07) is 9.88. The minimum Gasteiger partial charge on any atom is -0.494 e. The van der Waals surface area contributed by atoms with E-state index in [-0.39, 0.29) is 0 Å². The van der Waals surface area contributed by atoms with Crippen molar-refractivity contribution >= 4 is 0 Å². The Labute approximate surface area is 122 Å². The number of piperidine rings is 1. The summed E-state index contributed by atoms with van der Waals surface area (Å²) in [5.74, 6) is 1.83. The van der Waals surface area contributed by atoms with Crippen LogP contribution in [-0.2, 0) is 0 Å². The first-order chi connectivity index (χ1) is 9.79. The van der Waals surface area contributed by atoms with Gasteiger partial charge in [0.25, 0.3) is 0 Å². The van der Waals surface area contributed by atoms with E-state index in [2.05, 4.69) is 41.4 Å². The lowest BCUT2D eigenvalue weighted by Crippen LogP contribution is -2.46. The van der Waals surface area contributed by atoms with Crippen LogP contribution in [0.15, 0.2) is 24.3 Å². The second-order valence-corrected chi connectivity index (χ2v) is 6.04. The Hall–Kier alpha value is -1.06. The summed E-state index contributed by atoms with van der Waals surface area (Å²) in [6.45, 7) is 8.70. The van der Waals surface area contributed by atoms with E-state index in [1.54, 1.807) is 0 Å². The number of nitrogens with one attached hydrogen (secondary N) is 1. The number of benzene rings is 1. The van der Waals surface area contributed by atoms with E-state index < -0.39 is 0 Å². The molecule has 0 radical (unpaired) electrons. The van der Waals surface area contributed by atoms with E-state index in [0.29, 0.717) is 6.04 Å². The van der Waals surface area contributed by atoms with Gasteiger partial charge in [0.15, 0.2) is 0 Å². The average Bonchev–Trinajstić information content (AvgIpc) is 2.96. The molecule has 2 aliphatic rings. The molecule has 1 N–H and O–H groups in total. The Morgan fingerprint density at radius 1 is 1.30 bits per heavy atom. The van der Waals surface area contributed by atoms with Gasteiger partial charge in [-0.1, -0.05) is 12.1 Å². The summed E-state index contributed by atoms with van der Waals surface area (Å²) in [5, 5.41) is 3.56. The number of ether oxygens (including phenoxy) is 1. The lowest BCUT2D eigenvalue weighted by atomic mass is 9.90. The molecule has 3 unspecified atom stereocenters. The van der Waals surface area contributed by atoms with Gasteiger partial charge in [-0.25, -0.2) is 0 Å². The Morgan fingerprint density at radius 3 is 2.85 bits per heavy atom. The second kappa shape index (κ2) is 6.15. The predicted molar refractivity (Wildman–Crippen MR) is 82.1 cm³/mol. The van der Waals surface area contributed by atoms with Crippen molar-refractivity contribution in [3.05, 3.63) is 29.8 Å². The highest BCUT2D eigenvalue weighted by Gasteiger charge is 2.37. The first kappa shape index (κ1) is 13.9. The SMILES string of the molecule is CCOc1ccc(C(C)N2CCCC3CNCC32)cc1. The largest absolute Gasteiger partial charge is 0.494 e. The quantitative estimate of drug-likeness (QED) is 0.913. The molecular formula is C17H26N2O. The molecule has 2 fully saturated rings. The zero-order valence-electron chi connectivity index (χ0n) is 12.6. The van der Waals surface area contributed by atoms with Gasteiger partial charge in [-0.15, -0.1) is 0 Å². The van der Waals surface area contributed by atoms with Gasteiger partial charge in [0.1, 0.15) is 5.75 Å². The van der Waals surface area contributed by atoms with E-state index in [1.807, 2.05) is 6.92 Å². The van der Waals surface area contributed by atoms with Crippen molar-refractivity contribution in [2.75, 3.05) is 26.2 Å². The number of fused-ring (bicyclic) bond motifs is 1. The van der Waals surface area contributed by atoms with Crippen LogP contribution >= 0.6 is 0 Å². The van der Waals surface area contributed by atoms with E-state index >= 15 is 0 Å². The van der Waals surface area contributed by atoms with Crippen molar-refractivity contribution in [2.45, 2.75) is 38.8 Å². The molecule has 0 saturated carbocycles. The number of likely N-dealkylation sites (tertiary alicyclic amines) is 1. The first-order valence-electron chi connectivity index (χ1n) is 7.99. The van der Waals surface area contributed by atoms with Crippen molar-refractivity contribution in [3.63, 3.8) is 0 Å². The van der Waals surface area contributed by atoms with E-state index in [0.717, 1.165) is 30.9 Å². The second-order valence-electron chi connectivity index (χ2n) is 6.04. The molecule has 0 amide bonds. The number of hydrogen-bond donors (Lipinski definition) is 1. The smallest absolute Gasteiger partial charge is 0.119 e. The monoisotopic (exact) mass is 274 g/mol. The van der Waals surface area contributed by atoms with Gasteiger partial charge in [0.05, 0.1) is 6.61 Å². The molecule has 0 aromatic heterocycles. The van der Waals surface area contributed by atoms with E-state index in [4.69, 9.17) is 4.74 Å². The molecule has 0 spiro atoms. The standard InChI is InChI=1S/C17H26N2O/c1-3-20-16-8-6-14(7-9-16)13(2)19-10-4-5-15-11-18-12-17(15)19/h6-9,13,15,17-18H,3-5,10-12H2,1-2H3. The fourth-order valence-corrected chi connectivity index (χ4v) is 3.79. The van der Waals surface area contributed by atoms with Crippen molar-refractivity contribution in [1.29, 1.82) is 0 Å². The van der Waals surface area contributed by atoms with Gasteiger partial charge in [-0.3, -0.25) is 4.90 Å². The maximum atomic E-state index is 5.53. The summed E-state index contributed by atoms with van der Waals surface area (Å²) in [5.41, 5.74) is 1.40. The van der Waals surface area contributed by atoms with Gasteiger partial charge < -0.3 is 10.1 Å². The van der Waals surface area contributed by atoms with Gasteiger partial charge >= 0.3 is 0 Å². The number of rotatable bonds is 4. The minimum absolute atomic E-state index is 0.498. The lowest BCUT2D eigenvalue weighted by Gasteiger charge is -2.41. The van der Waals surface area contributed by atoms with Crippen molar-refractivity contribution in [1.82, 2.24) is 10.2 Å². The molecule has 2 heterocycles. The van der Waals surface area contributed by atoms with Crippen LogP contribution in [-0.4, -0.2) is 37.2 Å². The minimum atomic E-state index is 0.498. The van der Waals surface area contributed by atoms with Gasteiger partial charge in [0, 0.05) is 18.6 Å². The van der Waals surface area contributed by atoms with Crippen molar-refractivity contribution in [2.24, 2.45) is 5.92 Å². The summed E-state index contributed by atoms with van der Waals surface area (Å²) in [4.78, 5) is 2.70. The predicted octanol–water partition coefficient (Wildman–Crippen LogP) is 2.83. The van der Waals surface area contributed by atoms with Crippen molar-refractivity contribution < 1.29 is 4.74 Å². The first-order valence-corrected chi connectivity index (χ1v) is 7.99. The summed E-state index contributed by atoms with van der Waals surface area (Å²) >= 11 is 0. The normalized spacial score (nSPS) is 28.1. The van der Waals surface area contributed by atoms with E-state index in [9.17, 15) is 0 Å². The van der Waals surface area contributed by atoms with Crippen LogP contribution in [0.1, 0.15) is 38.3 Å². The third kappa shape index (κ3) is 2.70. The van der Waals surface area contributed by atoms with Crippen LogP contribution in [0.4, 0.5) is 0 Å². The van der Waals surface area contributed by atoms with Crippen LogP contribution < -0.4 is 10.1 Å². The zero-order valence-corrected chi connectivity index (χ0v) is 12.6. The zero-order chi connectivity index (χ0) is 13.9. The highest BCUT2D eigenvalue weighted by Crippen LogP contribution is 2.33. The Morgan fingerprint density at radius 2 is 2.10 bits per heavy atom. The third-order valence-corrected chi connectivity index (χ3v) is 4.89.